The molecular weight excluding hydrogens is 351 g/mol. The number of carbonyl (C=O) groups is 2. The van der Waals surface area contributed by atoms with Crippen molar-refractivity contribution in [2.45, 2.75) is 25.2 Å². The van der Waals surface area contributed by atoms with Gasteiger partial charge in [0.1, 0.15) is 17.5 Å². The van der Waals surface area contributed by atoms with E-state index in [4.69, 9.17) is 5.73 Å². The molecular formula is C18H19FN6O2. The molecule has 4 rings (SSSR count). The molecule has 0 saturated carbocycles. The molecule has 0 spiro atoms. The summed E-state index contributed by atoms with van der Waals surface area (Å²) in [6.07, 6.45) is 2.02. The van der Waals surface area contributed by atoms with E-state index in [1.54, 1.807) is 6.07 Å². The number of halogens is 1. The van der Waals surface area contributed by atoms with Crippen LogP contribution in [0.25, 0.3) is 0 Å². The summed E-state index contributed by atoms with van der Waals surface area (Å²) in [4.78, 5) is 35.6. The molecule has 1 fully saturated rings. The van der Waals surface area contributed by atoms with Crippen LogP contribution in [0.1, 0.15) is 30.7 Å². The number of hydrogen-bond donors (Lipinski definition) is 3. The van der Waals surface area contributed by atoms with Crippen LogP contribution >= 0.6 is 0 Å². The summed E-state index contributed by atoms with van der Waals surface area (Å²) >= 11 is 0. The zero-order chi connectivity index (χ0) is 19.0. The molecule has 3 heterocycles. The number of hydrogen-bond acceptors (Lipinski definition) is 6. The molecule has 1 atom stereocenters. The van der Waals surface area contributed by atoms with Crippen molar-refractivity contribution in [1.82, 2.24) is 9.97 Å². The highest BCUT2D eigenvalue weighted by molar-refractivity contribution is 6.05. The molecule has 0 unspecified atom stereocenters. The molecule has 1 aromatic heterocycles. The van der Waals surface area contributed by atoms with E-state index in [0.29, 0.717) is 17.2 Å². The second-order valence-corrected chi connectivity index (χ2v) is 6.67. The Bertz CT molecular complexity index is 913. The van der Waals surface area contributed by atoms with Crippen molar-refractivity contribution in [2.75, 3.05) is 34.4 Å². The Morgan fingerprint density at radius 1 is 1.30 bits per heavy atom. The molecule has 8 nitrogen and oxygen atoms in total. The van der Waals surface area contributed by atoms with Gasteiger partial charge in [-0.15, -0.1) is 0 Å². The summed E-state index contributed by atoms with van der Waals surface area (Å²) in [5.41, 5.74) is 6.83. The van der Waals surface area contributed by atoms with E-state index in [1.807, 2.05) is 4.90 Å². The number of benzene rings is 1. The maximum Gasteiger partial charge on any atom is 0.232 e. The molecule has 140 valence electrons. The average molecular weight is 370 g/mol. The minimum Gasteiger partial charge on any atom is -0.383 e. The molecule has 2 aromatic rings. The highest BCUT2D eigenvalue weighted by Crippen LogP contribution is 2.37. The first-order valence-electron chi connectivity index (χ1n) is 8.80. The van der Waals surface area contributed by atoms with Gasteiger partial charge >= 0.3 is 0 Å². The summed E-state index contributed by atoms with van der Waals surface area (Å²) in [6.45, 7) is 1.66. The van der Waals surface area contributed by atoms with Crippen molar-refractivity contribution < 1.29 is 14.0 Å². The molecule has 2 amide bonds. The lowest BCUT2D eigenvalue weighted by Gasteiger charge is -2.26. The van der Waals surface area contributed by atoms with Crippen LogP contribution in [0.15, 0.2) is 24.3 Å². The Labute approximate surface area is 155 Å². The fourth-order valence-corrected chi connectivity index (χ4v) is 3.46. The number of fused-ring (bicyclic) bond motifs is 1. The first-order chi connectivity index (χ1) is 13.0. The van der Waals surface area contributed by atoms with Crippen LogP contribution in [0.4, 0.5) is 27.7 Å². The molecule has 2 aliphatic heterocycles. The molecule has 0 bridgehead atoms. The summed E-state index contributed by atoms with van der Waals surface area (Å²) in [5.74, 6) is -1.21. The number of aromatic nitrogens is 2. The molecule has 0 radical (unpaired) electrons. The van der Waals surface area contributed by atoms with Gasteiger partial charge in [-0.2, -0.15) is 9.97 Å². The lowest BCUT2D eigenvalue weighted by molar-refractivity contribution is -0.123. The number of nitrogen functional groups attached to an aromatic ring is 1. The van der Waals surface area contributed by atoms with Crippen LogP contribution in [0.5, 0.6) is 0 Å². The lowest BCUT2D eigenvalue weighted by Crippen LogP contribution is -2.33. The number of anilines is 4. The fraction of sp³-hybridized carbons (Fsp3) is 0.333. The lowest BCUT2D eigenvalue weighted by atomic mass is 9.92. The van der Waals surface area contributed by atoms with Crippen molar-refractivity contribution in [2.24, 2.45) is 0 Å². The Morgan fingerprint density at radius 2 is 2.07 bits per heavy atom. The van der Waals surface area contributed by atoms with Gasteiger partial charge in [-0.1, -0.05) is 6.07 Å². The van der Waals surface area contributed by atoms with Crippen molar-refractivity contribution in [3.05, 3.63) is 35.6 Å². The molecule has 0 aliphatic carbocycles. The topological polar surface area (TPSA) is 113 Å². The van der Waals surface area contributed by atoms with Gasteiger partial charge in [-0.05, 0) is 31.0 Å². The summed E-state index contributed by atoms with van der Waals surface area (Å²) < 4.78 is 13.4. The maximum atomic E-state index is 13.4. The monoisotopic (exact) mass is 370 g/mol. The zero-order valence-corrected chi connectivity index (χ0v) is 14.5. The van der Waals surface area contributed by atoms with E-state index in [-0.39, 0.29) is 24.0 Å². The minimum absolute atomic E-state index is 0.0786. The Balaban J connectivity index is 1.65. The molecule has 1 aromatic carbocycles. The zero-order valence-electron chi connectivity index (χ0n) is 14.5. The maximum absolute atomic E-state index is 13.4. The van der Waals surface area contributed by atoms with Crippen LogP contribution in [-0.2, 0) is 9.59 Å². The van der Waals surface area contributed by atoms with E-state index in [1.165, 1.54) is 18.2 Å². The van der Waals surface area contributed by atoms with Crippen molar-refractivity contribution >= 4 is 35.1 Å². The third kappa shape index (κ3) is 3.40. The van der Waals surface area contributed by atoms with Gasteiger partial charge in [-0.3, -0.25) is 9.59 Å². The second kappa shape index (κ2) is 6.82. The first kappa shape index (κ1) is 17.2. The van der Waals surface area contributed by atoms with Gasteiger partial charge in [-0.25, -0.2) is 4.39 Å². The van der Waals surface area contributed by atoms with Gasteiger partial charge < -0.3 is 21.3 Å². The molecule has 9 heteroatoms. The quantitative estimate of drug-likeness (QED) is 0.760. The summed E-state index contributed by atoms with van der Waals surface area (Å²) in [7, 11) is 0. The number of amides is 2. The Hall–Kier alpha value is -3.23. The van der Waals surface area contributed by atoms with E-state index < -0.39 is 17.6 Å². The highest BCUT2D eigenvalue weighted by Gasteiger charge is 2.35. The standard InChI is InChI=1S/C18H19FN6O2/c19-10-4-3-5-11(8-10)21-17(27)12-9-13(26)22-16-14(12)15(20)23-18(24-16)25-6-1-2-7-25/h3-5,8,12H,1-2,6-7,9H2,(H,21,27)(H3,20,22,23,24,26)/t12-/m0/s1. The van der Waals surface area contributed by atoms with Crippen LogP contribution < -0.4 is 21.3 Å². The van der Waals surface area contributed by atoms with Gasteiger partial charge in [0.2, 0.25) is 17.8 Å². The Kier molecular flexibility index (Phi) is 4.35. The van der Waals surface area contributed by atoms with Gasteiger partial charge in [0, 0.05) is 25.2 Å². The Morgan fingerprint density at radius 3 is 2.81 bits per heavy atom. The number of nitrogens with zero attached hydrogens (tertiary/aromatic N) is 3. The second-order valence-electron chi connectivity index (χ2n) is 6.67. The smallest absolute Gasteiger partial charge is 0.232 e. The highest BCUT2D eigenvalue weighted by atomic mass is 19.1. The van der Waals surface area contributed by atoms with Crippen LogP contribution in [0.2, 0.25) is 0 Å². The molecule has 4 N–H and O–H groups in total. The largest absolute Gasteiger partial charge is 0.383 e. The predicted octanol–water partition coefficient (Wildman–Crippen LogP) is 1.86. The number of rotatable bonds is 3. The number of carbonyl (C=O) groups excluding carboxylic acids is 2. The van der Waals surface area contributed by atoms with Crippen molar-refractivity contribution in [1.29, 1.82) is 0 Å². The van der Waals surface area contributed by atoms with Crippen molar-refractivity contribution in [3.8, 4) is 0 Å². The van der Waals surface area contributed by atoms with E-state index >= 15 is 0 Å². The number of nitrogens with one attached hydrogen (secondary N) is 2. The SMILES string of the molecule is Nc1nc(N2CCCC2)nc2c1[C@@H](C(=O)Nc1cccc(F)c1)CC(=O)N2. The van der Waals surface area contributed by atoms with Gasteiger partial charge in [0.05, 0.1) is 11.5 Å². The fourth-order valence-electron chi connectivity index (χ4n) is 3.46. The van der Waals surface area contributed by atoms with E-state index in [2.05, 4.69) is 20.6 Å². The van der Waals surface area contributed by atoms with Crippen LogP contribution in [0, 0.1) is 5.82 Å². The molecule has 27 heavy (non-hydrogen) atoms. The summed E-state index contributed by atoms with van der Waals surface area (Å²) in [6, 6.07) is 5.55. The molecule has 1 saturated heterocycles. The molecule has 2 aliphatic rings. The number of nitrogens with two attached hydrogens (primary N) is 1. The van der Waals surface area contributed by atoms with E-state index in [0.717, 1.165) is 25.9 Å². The average Bonchev–Trinajstić information content (AvgIpc) is 3.15. The third-order valence-electron chi connectivity index (χ3n) is 4.76. The van der Waals surface area contributed by atoms with Gasteiger partial charge in [0.15, 0.2) is 0 Å². The van der Waals surface area contributed by atoms with E-state index in [9.17, 15) is 14.0 Å². The summed E-state index contributed by atoms with van der Waals surface area (Å²) in [5, 5.41) is 5.32. The minimum atomic E-state index is -0.843. The predicted molar refractivity (Wildman–Crippen MR) is 98.9 cm³/mol. The normalized spacial score (nSPS) is 18.8. The van der Waals surface area contributed by atoms with Gasteiger partial charge in [0.25, 0.3) is 0 Å². The van der Waals surface area contributed by atoms with Crippen molar-refractivity contribution in [3.63, 3.8) is 0 Å². The first-order valence-corrected chi connectivity index (χ1v) is 8.80. The van der Waals surface area contributed by atoms with Crippen LogP contribution in [0.3, 0.4) is 0 Å². The third-order valence-corrected chi connectivity index (χ3v) is 4.76. The van der Waals surface area contributed by atoms with Crippen LogP contribution in [-0.4, -0.2) is 34.9 Å².